The zero-order valence-electron chi connectivity index (χ0n) is 11.4. The van der Waals surface area contributed by atoms with Crippen molar-refractivity contribution in [2.75, 3.05) is 5.43 Å². The first kappa shape index (κ1) is 15.8. The lowest BCUT2D eigenvalue weighted by molar-refractivity contribution is 0.390. The quantitative estimate of drug-likeness (QED) is 0.507. The minimum Gasteiger partial charge on any atom is -0.292 e. The molecule has 0 saturated heterocycles. The van der Waals surface area contributed by atoms with E-state index in [0.717, 1.165) is 12.8 Å². The van der Waals surface area contributed by atoms with E-state index in [1.165, 1.54) is 12.4 Å². The minimum absolute atomic E-state index is 0.0318. The number of hydrogen-bond donors (Lipinski definition) is 3. The minimum atomic E-state index is -3.59. The summed E-state index contributed by atoms with van der Waals surface area (Å²) < 4.78 is 26.9. The third-order valence-electron chi connectivity index (χ3n) is 3.16. The van der Waals surface area contributed by atoms with Gasteiger partial charge < -0.3 is 0 Å². The summed E-state index contributed by atoms with van der Waals surface area (Å²) in [5, 5.41) is 0. The molecule has 108 valence electrons. The Labute approximate surface area is 114 Å². The lowest BCUT2D eigenvalue weighted by Crippen LogP contribution is -2.37. The monoisotopic (exact) mass is 287 g/mol. The molecular formula is C11H21N5O2S. The van der Waals surface area contributed by atoms with E-state index in [-0.39, 0.29) is 16.9 Å². The number of nitrogen functional groups attached to an aromatic ring is 1. The molecule has 1 aromatic rings. The average molecular weight is 287 g/mol. The molecule has 0 aliphatic rings. The first-order valence-electron chi connectivity index (χ1n) is 6.25. The molecule has 1 aromatic heterocycles. The van der Waals surface area contributed by atoms with E-state index in [1.54, 1.807) is 0 Å². The Hall–Kier alpha value is -1.25. The van der Waals surface area contributed by atoms with Crippen LogP contribution in [0.4, 0.5) is 5.95 Å². The second kappa shape index (κ2) is 6.78. The molecule has 4 N–H and O–H groups in total. The molecule has 0 spiro atoms. The molecule has 0 aliphatic heterocycles. The Morgan fingerprint density at radius 3 is 2.21 bits per heavy atom. The van der Waals surface area contributed by atoms with E-state index in [1.807, 2.05) is 20.8 Å². The smallest absolute Gasteiger partial charge is 0.243 e. The Bertz CT molecular complexity index is 484. The van der Waals surface area contributed by atoms with Crippen molar-refractivity contribution >= 4 is 16.0 Å². The average Bonchev–Trinajstić information content (AvgIpc) is 2.39. The van der Waals surface area contributed by atoms with Crippen molar-refractivity contribution in [3.8, 4) is 0 Å². The van der Waals surface area contributed by atoms with Gasteiger partial charge in [0.25, 0.3) is 0 Å². The molecule has 7 nitrogen and oxygen atoms in total. The first-order chi connectivity index (χ1) is 8.94. The molecule has 0 amide bonds. The number of aromatic nitrogens is 2. The van der Waals surface area contributed by atoms with Gasteiger partial charge in [0.2, 0.25) is 16.0 Å². The predicted octanol–water partition coefficient (Wildman–Crippen LogP) is 0.865. The van der Waals surface area contributed by atoms with Gasteiger partial charge in [-0.2, -0.15) is 0 Å². The maximum absolute atomic E-state index is 12.1. The van der Waals surface area contributed by atoms with Gasteiger partial charge in [0.05, 0.1) is 12.4 Å². The largest absolute Gasteiger partial charge is 0.292 e. The fourth-order valence-electron chi connectivity index (χ4n) is 1.93. The Morgan fingerprint density at radius 1 is 1.26 bits per heavy atom. The van der Waals surface area contributed by atoms with Crippen LogP contribution in [0, 0.1) is 5.92 Å². The fourth-order valence-corrected chi connectivity index (χ4v) is 3.14. The van der Waals surface area contributed by atoms with Gasteiger partial charge in [-0.25, -0.2) is 29.0 Å². The molecule has 0 aromatic carbocycles. The summed E-state index contributed by atoms with van der Waals surface area (Å²) in [5.74, 6) is 5.60. The second-order valence-corrected chi connectivity index (χ2v) is 6.09. The van der Waals surface area contributed by atoms with E-state index in [0.29, 0.717) is 5.92 Å². The van der Waals surface area contributed by atoms with Crippen molar-refractivity contribution in [3.63, 3.8) is 0 Å². The highest BCUT2D eigenvalue weighted by Gasteiger charge is 2.22. The standard InChI is InChI=1S/C11H21N5O2S/c1-4-9(5-2)8(3)16-19(17,18)10-6-13-11(15-12)14-7-10/h6-9,16H,4-5,12H2,1-3H3,(H,13,14,15). The van der Waals surface area contributed by atoms with Crippen LogP contribution in [0.25, 0.3) is 0 Å². The molecule has 1 heterocycles. The number of anilines is 1. The summed E-state index contributed by atoms with van der Waals surface area (Å²) in [4.78, 5) is 7.61. The number of rotatable bonds is 7. The van der Waals surface area contributed by atoms with Crippen LogP contribution in [0.5, 0.6) is 0 Å². The molecule has 0 radical (unpaired) electrons. The highest BCUT2D eigenvalue weighted by atomic mass is 32.2. The lowest BCUT2D eigenvalue weighted by atomic mass is 9.96. The van der Waals surface area contributed by atoms with Crippen molar-refractivity contribution in [2.24, 2.45) is 11.8 Å². The first-order valence-corrected chi connectivity index (χ1v) is 7.73. The summed E-state index contributed by atoms with van der Waals surface area (Å²) >= 11 is 0. The summed E-state index contributed by atoms with van der Waals surface area (Å²) in [6.07, 6.45) is 4.30. The van der Waals surface area contributed by atoms with Gasteiger partial charge in [0.1, 0.15) is 4.90 Å². The van der Waals surface area contributed by atoms with Crippen molar-refractivity contribution in [1.82, 2.24) is 14.7 Å². The van der Waals surface area contributed by atoms with Crippen LogP contribution in [-0.4, -0.2) is 24.4 Å². The van der Waals surface area contributed by atoms with Crippen LogP contribution < -0.4 is 16.0 Å². The number of nitrogens with two attached hydrogens (primary N) is 1. The van der Waals surface area contributed by atoms with Crippen molar-refractivity contribution < 1.29 is 8.42 Å². The van der Waals surface area contributed by atoms with Crippen LogP contribution in [0.15, 0.2) is 17.3 Å². The van der Waals surface area contributed by atoms with Gasteiger partial charge in [0, 0.05) is 6.04 Å². The van der Waals surface area contributed by atoms with Gasteiger partial charge in [-0.3, -0.25) is 5.43 Å². The highest BCUT2D eigenvalue weighted by molar-refractivity contribution is 7.89. The van der Waals surface area contributed by atoms with E-state index in [4.69, 9.17) is 5.84 Å². The van der Waals surface area contributed by atoms with Crippen molar-refractivity contribution in [1.29, 1.82) is 0 Å². The van der Waals surface area contributed by atoms with E-state index >= 15 is 0 Å². The molecule has 0 bridgehead atoms. The van der Waals surface area contributed by atoms with Crippen LogP contribution >= 0.6 is 0 Å². The Morgan fingerprint density at radius 2 is 1.79 bits per heavy atom. The maximum Gasteiger partial charge on any atom is 0.243 e. The number of hydrazine groups is 1. The predicted molar refractivity (Wildman–Crippen MR) is 73.7 cm³/mol. The highest BCUT2D eigenvalue weighted by Crippen LogP contribution is 2.15. The Kier molecular flexibility index (Phi) is 5.64. The molecule has 1 rings (SSSR count). The zero-order valence-corrected chi connectivity index (χ0v) is 12.2. The fraction of sp³-hybridized carbons (Fsp3) is 0.636. The van der Waals surface area contributed by atoms with E-state index < -0.39 is 10.0 Å². The third-order valence-corrected chi connectivity index (χ3v) is 4.68. The summed E-state index contributed by atoms with van der Waals surface area (Å²) in [5.41, 5.74) is 2.25. The van der Waals surface area contributed by atoms with Gasteiger partial charge >= 0.3 is 0 Å². The molecule has 19 heavy (non-hydrogen) atoms. The molecular weight excluding hydrogens is 266 g/mol. The van der Waals surface area contributed by atoms with Gasteiger partial charge in [0.15, 0.2) is 0 Å². The van der Waals surface area contributed by atoms with Crippen LogP contribution in [0.3, 0.4) is 0 Å². The Balaban J connectivity index is 2.85. The van der Waals surface area contributed by atoms with Gasteiger partial charge in [-0.05, 0) is 12.8 Å². The number of hydrogen-bond acceptors (Lipinski definition) is 6. The van der Waals surface area contributed by atoms with Crippen LogP contribution in [0.1, 0.15) is 33.6 Å². The molecule has 8 heteroatoms. The molecule has 0 aliphatic carbocycles. The summed E-state index contributed by atoms with van der Waals surface area (Å²) in [7, 11) is -3.59. The normalized spacial score (nSPS) is 13.5. The molecule has 0 saturated carbocycles. The van der Waals surface area contributed by atoms with Gasteiger partial charge in [-0.1, -0.05) is 26.7 Å². The molecule has 0 fully saturated rings. The SMILES string of the molecule is CCC(CC)C(C)NS(=O)(=O)c1cnc(NN)nc1. The molecule has 1 unspecified atom stereocenters. The number of nitrogens with one attached hydrogen (secondary N) is 2. The van der Waals surface area contributed by atoms with Gasteiger partial charge in [-0.15, -0.1) is 0 Å². The van der Waals surface area contributed by atoms with Crippen molar-refractivity contribution in [2.45, 2.75) is 44.6 Å². The zero-order chi connectivity index (χ0) is 14.5. The van der Waals surface area contributed by atoms with Crippen molar-refractivity contribution in [3.05, 3.63) is 12.4 Å². The van der Waals surface area contributed by atoms with Crippen LogP contribution in [0.2, 0.25) is 0 Å². The maximum atomic E-state index is 12.1. The number of nitrogens with zero attached hydrogens (tertiary/aromatic N) is 2. The van der Waals surface area contributed by atoms with E-state index in [9.17, 15) is 8.42 Å². The lowest BCUT2D eigenvalue weighted by Gasteiger charge is -2.22. The third kappa shape index (κ3) is 4.12. The molecule has 1 atom stereocenters. The second-order valence-electron chi connectivity index (χ2n) is 4.37. The topological polar surface area (TPSA) is 110 Å². The summed E-state index contributed by atoms with van der Waals surface area (Å²) in [6.45, 7) is 5.96. The summed E-state index contributed by atoms with van der Waals surface area (Å²) in [6, 6.07) is -0.132. The van der Waals surface area contributed by atoms with Crippen LogP contribution in [-0.2, 0) is 10.0 Å². The number of sulfonamides is 1. The van der Waals surface area contributed by atoms with E-state index in [2.05, 4.69) is 20.1 Å².